The Labute approximate surface area is 142 Å². The molecule has 0 bridgehead atoms. The molecular weight excluding hydrogens is 320 g/mol. The van der Waals surface area contributed by atoms with Crippen LogP contribution in [0.15, 0.2) is 42.6 Å². The van der Waals surface area contributed by atoms with Gasteiger partial charge in [0.25, 0.3) is 5.91 Å². The molecule has 8 nitrogen and oxygen atoms in total. The Hall–Kier alpha value is -3.68. The van der Waals surface area contributed by atoms with Gasteiger partial charge < -0.3 is 15.8 Å². The maximum atomic E-state index is 12.6. The maximum Gasteiger partial charge on any atom is 0.278 e. The van der Waals surface area contributed by atoms with Crippen LogP contribution in [0.25, 0.3) is 21.8 Å². The summed E-state index contributed by atoms with van der Waals surface area (Å²) < 4.78 is 5.33. The van der Waals surface area contributed by atoms with Crippen LogP contribution >= 0.6 is 0 Å². The second-order valence-corrected chi connectivity index (χ2v) is 5.44. The first-order chi connectivity index (χ1) is 12.2. The highest BCUT2D eigenvalue weighted by Gasteiger charge is 2.17. The number of rotatable bonds is 3. The monoisotopic (exact) mass is 334 g/mol. The van der Waals surface area contributed by atoms with E-state index in [0.717, 1.165) is 10.9 Å². The van der Waals surface area contributed by atoms with Gasteiger partial charge in [-0.05, 0) is 12.1 Å². The molecular formula is C17H14N6O2. The predicted octanol–water partition coefficient (Wildman–Crippen LogP) is 2.35. The molecule has 8 heteroatoms. The first kappa shape index (κ1) is 14.9. The number of carbonyl (C=O) groups excluding carboxylic acids is 1. The van der Waals surface area contributed by atoms with Crippen LogP contribution in [0, 0.1) is 0 Å². The van der Waals surface area contributed by atoms with E-state index in [2.05, 4.69) is 25.7 Å². The zero-order chi connectivity index (χ0) is 17.4. The third kappa shape index (κ3) is 2.49. The molecule has 0 saturated heterocycles. The highest BCUT2D eigenvalue weighted by Crippen LogP contribution is 2.30. The Kier molecular flexibility index (Phi) is 3.42. The fraction of sp³-hybridized carbons (Fsp3) is 0.0588. The number of hydrogen-bond acceptors (Lipinski definition) is 6. The van der Waals surface area contributed by atoms with Gasteiger partial charge in [-0.3, -0.25) is 9.89 Å². The van der Waals surface area contributed by atoms with Gasteiger partial charge in [-0.2, -0.15) is 5.10 Å². The van der Waals surface area contributed by atoms with Gasteiger partial charge in [-0.1, -0.05) is 18.2 Å². The fourth-order valence-corrected chi connectivity index (χ4v) is 2.66. The SMILES string of the molecule is COc1cc2[nH]ncc2cc1NC(=O)c1nnc2ccccc2c1N. The number of nitrogens with one attached hydrogen (secondary N) is 2. The van der Waals surface area contributed by atoms with E-state index in [1.165, 1.54) is 7.11 Å². The van der Waals surface area contributed by atoms with Gasteiger partial charge >= 0.3 is 0 Å². The van der Waals surface area contributed by atoms with Crippen molar-refractivity contribution in [2.24, 2.45) is 0 Å². The van der Waals surface area contributed by atoms with Gasteiger partial charge in [-0.25, -0.2) is 0 Å². The number of benzene rings is 2. The lowest BCUT2D eigenvalue weighted by molar-refractivity contribution is 0.102. The lowest BCUT2D eigenvalue weighted by atomic mass is 10.1. The maximum absolute atomic E-state index is 12.6. The van der Waals surface area contributed by atoms with Crippen molar-refractivity contribution < 1.29 is 9.53 Å². The lowest BCUT2D eigenvalue weighted by Gasteiger charge is -2.11. The van der Waals surface area contributed by atoms with Crippen LogP contribution in [0.3, 0.4) is 0 Å². The minimum absolute atomic E-state index is 0.0630. The first-order valence-corrected chi connectivity index (χ1v) is 7.50. The Morgan fingerprint density at radius 1 is 1.24 bits per heavy atom. The van der Waals surface area contributed by atoms with Crippen LogP contribution in [-0.4, -0.2) is 33.4 Å². The summed E-state index contributed by atoms with van der Waals surface area (Å²) in [6, 6.07) is 10.8. The van der Waals surface area contributed by atoms with E-state index in [1.54, 1.807) is 30.5 Å². The molecule has 0 saturated carbocycles. The molecule has 0 aliphatic rings. The summed E-state index contributed by atoms with van der Waals surface area (Å²) >= 11 is 0. The van der Waals surface area contributed by atoms with Gasteiger partial charge in [0.05, 0.1) is 35.7 Å². The second-order valence-electron chi connectivity index (χ2n) is 5.44. The van der Waals surface area contributed by atoms with Gasteiger partial charge in [0.15, 0.2) is 5.69 Å². The number of carbonyl (C=O) groups is 1. The minimum Gasteiger partial charge on any atom is -0.494 e. The molecule has 0 aliphatic heterocycles. The normalized spacial score (nSPS) is 10.9. The lowest BCUT2D eigenvalue weighted by Crippen LogP contribution is -2.17. The van der Waals surface area contributed by atoms with Crippen molar-refractivity contribution in [3.05, 3.63) is 48.3 Å². The molecule has 2 aromatic carbocycles. The molecule has 0 atom stereocenters. The number of ether oxygens (including phenoxy) is 1. The van der Waals surface area contributed by atoms with Crippen LogP contribution in [-0.2, 0) is 0 Å². The molecule has 4 N–H and O–H groups in total. The summed E-state index contributed by atoms with van der Waals surface area (Å²) in [6.45, 7) is 0. The van der Waals surface area contributed by atoms with Crippen LogP contribution < -0.4 is 15.8 Å². The summed E-state index contributed by atoms with van der Waals surface area (Å²) in [5.74, 6) is 0.0364. The van der Waals surface area contributed by atoms with Crippen molar-refractivity contribution >= 4 is 39.1 Å². The van der Waals surface area contributed by atoms with E-state index < -0.39 is 5.91 Å². The number of anilines is 2. The second kappa shape index (κ2) is 5.75. The molecule has 0 fully saturated rings. The van der Waals surface area contributed by atoms with E-state index in [9.17, 15) is 4.79 Å². The van der Waals surface area contributed by atoms with Crippen LogP contribution in [0.4, 0.5) is 11.4 Å². The Balaban J connectivity index is 1.74. The fourth-order valence-electron chi connectivity index (χ4n) is 2.66. The quantitative estimate of drug-likeness (QED) is 0.529. The van der Waals surface area contributed by atoms with Gasteiger partial charge in [0.1, 0.15) is 5.75 Å². The zero-order valence-electron chi connectivity index (χ0n) is 13.3. The van der Waals surface area contributed by atoms with E-state index in [4.69, 9.17) is 10.5 Å². The van der Waals surface area contributed by atoms with Gasteiger partial charge in [0, 0.05) is 16.8 Å². The predicted molar refractivity (Wildman–Crippen MR) is 94.5 cm³/mol. The number of amides is 1. The molecule has 124 valence electrons. The molecule has 0 spiro atoms. The molecule has 4 rings (SSSR count). The zero-order valence-corrected chi connectivity index (χ0v) is 13.3. The third-order valence-electron chi connectivity index (χ3n) is 3.93. The van der Waals surface area contributed by atoms with E-state index in [-0.39, 0.29) is 11.4 Å². The number of aromatic amines is 1. The average Bonchev–Trinajstić information content (AvgIpc) is 3.08. The highest BCUT2D eigenvalue weighted by molar-refractivity contribution is 6.11. The third-order valence-corrected chi connectivity index (χ3v) is 3.93. The van der Waals surface area contributed by atoms with Crippen LogP contribution in [0.1, 0.15) is 10.5 Å². The number of methoxy groups -OCH3 is 1. The molecule has 1 amide bonds. The molecule has 2 heterocycles. The number of nitrogens with zero attached hydrogens (tertiary/aromatic N) is 3. The number of nitrogens with two attached hydrogens (primary N) is 1. The molecule has 4 aromatic rings. The molecule has 0 unspecified atom stereocenters. The van der Waals surface area contributed by atoms with Gasteiger partial charge in [0.2, 0.25) is 0 Å². The summed E-state index contributed by atoms with van der Waals surface area (Å²) in [4.78, 5) is 12.6. The van der Waals surface area contributed by atoms with Gasteiger partial charge in [-0.15, -0.1) is 10.2 Å². The minimum atomic E-state index is -0.461. The topological polar surface area (TPSA) is 119 Å². The Bertz CT molecular complexity index is 1100. The number of hydrogen-bond donors (Lipinski definition) is 3. The smallest absolute Gasteiger partial charge is 0.278 e. The van der Waals surface area contributed by atoms with Crippen molar-refractivity contribution in [2.45, 2.75) is 0 Å². The summed E-state index contributed by atoms with van der Waals surface area (Å²) in [5.41, 5.74) is 8.39. The van der Waals surface area contributed by atoms with E-state index in [0.29, 0.717) is 22.3 Å². The van der Waals surface area contributed by atoms with Crippen LogP contribution in [0.5, 0.6) is 5.75 Å². The van der Waals surface area contributed by atoms with Crippen molar-refractivity contribution in [1.29, 1.82) is 0 Å². The van der Waals surface area contributed by atoms with Crippen molar-refractivity contribution in [1.82, 2.24) is 20.4 Å². The molecule has 25 heavy (non-hydrogen) atoms. The number of fused-ring (bicyclic) bond motifs is 2. The van der Waals surface area contributed by atoms with Crippen molar-refractivity contribution in [3.63, 3.8) is 0 Å². The average molecular weight is 334 g/mol. The van der Waals surface area contributed by atoms with E-state index in [1.807, 2.05) is 12.1 Å². The van der Waals surface area contributed by atoms with Crippen molar-refractivity contribution in [3.8, 4) is 5.75 Å². The Morgan fingerprint density at radius 3 is 2.92 bits per heavy atom. The number of aromatic nitrogens is 4. The van der Waals surface area contributed by atoms with Crippen LogP contribution in [0.2, 0.25) is 0 Å². The Morgan fingerprint density at radius 2 is 2.08 bits per heavy atom. The molecule has 0 aliphatic carbocycles. The van der Waals surface area contributed by atoms with E-state index >= 15 is 0 Å². The summed E-state index contributed by atoms with van der Waals surface area (Å²) in [7, 11) is 1.53. The largest absolute Gasteiger partial charge is 0.494 e. The summed E-state index contributed by atoms with van der Waals surface area (Å²) in [6.07, 6.45) is 1.66. The molecule has 0 radical (unpaired) electrons. The number of H-pyrrole nitrogens is 1. The molecule has 2 aromatic heterocycles. The first-order valence-electron chi connectivity index (χ1n) is 7.50. The standard InChI is InChI=1S/C17H14N6O2/c1-25-14-7-12-9(8-19-21-12)6-13(14)20-17(24)16-15(18)10-4-2-3-5-11(10)22-23-16/h2-8H,1H3,(H2,18,22)(H,19,21)(H,20,24). The van der Waals surface area contributed by atoms with Crippen molar-refractivity contribution in [2.75, 3.05) is 18.2 Å². The highest BCUT2D eigenvalue weighted by atomic mass is 16.5. The summed E-state index contributed by atoms with van der Waals surface area (Å²) in [5, 5.41) is 19.1. The number of nitrogen functional groups attached to an aromatic ring is 1.